The molecule has 1 atom stereocenters. The SMILES string of the molecule is Cc1ccc(C)c(C(=O)NC(CN)C2CC2)c1. The molecule has 3 N–H and O–H groups in total. The van der Waals surface area contributed by atoms with Gasteiger partial charge in [0.1, 0.15) is 0 Å². The van der Waals surface area contributed by atoms with Crippen molar-refractivity contribution in [2.45, 2.75) is 32.7 Å². The van der Waals surface area contributed by atoms with Crippen LogP contribution in [-0.2, 0) is 0 Å². The van der Waals surface area contributed by atoms with E-state index in [1.807, 2.05) is 32.0 Å². The van der Waals surface area contributed by atoms with Crippen molar-refractivity contribution in [3.63, 3.8) is 0 Å². The lowest BCUT2D eigenvalue weighted by Crippen LogP contribution is -2.42. The van der Waals surface area contributed by atoms with E-state index >= 15 is 0 Å². The second-order valence-electron chi connectivity index (χ2n) is 4.97. The van der Waals surface area contributed by atoms with Gasteiger partial charge in [-0.1, -0.05) is 17.7 Å². The molecule has 1 fully saturated rings. The smallest absolute Gasteiger partial charge is 0.251 e. The van der Waals surface area contributed by atoms with E-state index in [1.54, 1.807) is 0 Å². The summed E-state index contributed by atoms with van der Waals surface area (Å²) in [6.07, 6.45) is 2.38. The van der Waals surface area contributed by atoms with Crippen LogP contribution in [0.25, 0.3) is 0 Å². The number of hydrogen-bond donors (Lipinski definition) is 2. The van der Waals surface area contributed by atoms with Crippen molar-refractivity contribution in [1.82, 2.24) is 5.32 Å². The highest BCUT2D eigenvalue weighted by molar-refractivity contribution is 5.96. The average molecular weight is 232 g/mol. The van der Waals surface area contributed by atoms with Gasteiger partial charge in [-0.05, 0) is 44.2 Å². The molecule has 0 saturated heterocycles. The van der Waals surface area contributed by atoms with E-state index in [0.29, 0.717) is 12.5 Å². The molecule has 17 heavy (non-hydrogen) atoms. The Labute approximate surface area is 102 Å². The van der Waals surface area contributed by atoms with Gasteiger partial charge in [-0.15, -0.1) is 0 Å². The van der Waals surface area contributed by atoms with Crippen molar-refractivity contribution in [3.05, 3.63) is 34.9 Å². The lowest BCUT2D eigenvalue weighted by molar-refractivity contribution is 0.0933. The van der Waals surface area contributed by atoms with E-state index in [-0.39, 0.29) is 11.9 Å². The maximum absolute atomic E-state index is 12.2. The Morgan fingerprint density at radius 2 is 2.18 bits per heavy atom. The van der Waals surface area contributed by atoms with Gasteiger partial charge in [-0.25, -0.2) is 0 Å². The first-order chi connectivity index (χ1) is 8.11. The Morgan fingerprint density at radius 3 is 2.76 bits per heavy atom. The van der Waals surface area contributed by atoms with E-state index in [1.165, 1.54) is 12.8 Å². The monoisotopic (exact) mass is 232 g/mol. The fourth-order valence-corrected chi connectivity index (χ4v) is 2.09. The predicted octanol–water partition coefficient (Wildman–Crippen LogP) is 1.77. The summed E-state index contributed by atoms with van der Waals surface area (Å²) in [7, 11) is 0. The average Bonchev–Trinajstić information content (AvgIpc) is 3.13. The number of carbonyl (C=O) groups excluding carboxylic acids is 1. The highest BCUT2D eigenvalue weighted by Gasteiger charge is 2.31. The quantitative estimate of drug-likeness (QED) is 0.831. The molecule has 3 nitrogen and oxygen atoms in total. The fraction of sp³-hybridized carbons (Fsp3) is 0.500. The predicted molar refractivity (Wildman–Crippen MR) is 68.9 cm³/mol. The zero-order valence-corrected chi connectivity index (χ0v) is 10.5. The Balaban J connectivity index is 2.10. The third kappa shape index (κ3) is 2.86. The van der Waals surface area contributed by atoms with Gasteiger partial charge in [0.15, 0.2) is 0 Å². The number of aryl methyl sites for hydroxylation is 2. The molecule has 0 radical (unpaired) electrons. The van der Waals surface area contributed by atoms with Crippen molar-refractivity contribution in [1.29, 1.82) is 0 Å². The normalized spacial score (nSPS) is 16.6. The summed E-state index contributed by atoms with van der Waals surface area (Å²) >= 11 is 0. The number of nitrogens with two attached hydrogens (primary N) is 1. The summed E-state index contributed by atoms with van der Waals surface area (Å²) in [6, 6.07) is 6.08. The van der Waals surface area contributed by atoms with Crippen LogP contribution in [0, 0.1) is 19.8 Å². The Morgan fingerprint density at radius 1 is 1.47 bits per heavy atom. The molecule has 1 aliphatic carbocycles. The molecule has 2 rings (SSSR count). The standard InChI is InChI=1S/C14H20N2O/c1-9-3-4-10(2)12(7-9)14(17)16-13(8-15)11-5-6-11/h3-4,7,11,13H,5-6,8,15H2,1-2H3,(H,16,17). The van der Waals surface area contributed by atoms with Crippen LogP contribution in [-0.4, -0.2) is 18.5 Å². The number of rotatable bonds is 4. The lowest BCUT2D eigenvalue weighted by Gasteiger charge is -2.17. The molecule has 1 aromatic carbocycles. The first kappa shape index (κ1) is 12.1. The van der Waals surface area contributed by atoms with Crippen molar-refractivity contribution < 1.29 is 4.79 Å². The fourth-order valence-electron chi connectivity index (χ4n) is 2.09. The van der Waals surface area contributed by atoms with Gasteiger partial charge in [0, 0.05) is 18.2 Å². The summed E-state index contributed by atoms with van der Waals surface area (Å²) in [5.41, 5.74) is 8.58. The summed E-state index contributed by atoms with van der Waals surface area (Å²) in [5, 5.41) is 3.05. The van der Waals surface area contributed by atoms with Gasteiger partial charge in [0.25, 0.3) is 5.91 Å². The first-order valence-electron chi connectivity index (χ1n) is 6.20. The number of carbonyl (C=O) groups is 1. The van der Waals surface area contributed by atoms with Crippen molar-refractivity contribution >= 4 is 5.91 Å². The third-order valence-corrected chi connectivity index (χ3v) is 3.40. The van der Waals surface area contributed by atoms with Gasteiger partial charge in [0.2, 0.25) is 0 Å². The highest BCUT2D eigenvalue weighted by Crippen LogP contribution is 2.32. The van der Waals surface area contributed by atoms with Gasteiger partial charge < -0.3 is 11.1 Å². The Kier molecular flexibility index (Phi) is 3.48. The van der Waals surface area contributed by atoms with Crippen molar-refractivity contribution in [2.75, 3.05) is 6.54 Å². The van der Waals surface area contributed by atoms with E-state index in [0.717, 1.165) is 16.7 Å². The van der Waals surface area contributed by atoms with E-state index in [2.05, 4.69) is 5.32 Å². The number of amides is 1. The molecule has 3 heteroatoms. The van der Waals surface area contributed by atoms with Gasteiger partial charge in [-0.2, -0.15) is 0 Å². The van der Waals surface area contributed by atoms with Crippen LogP contribution in [0.4, 0.5) is 0 Å². The van der Waals surface area contributed by atoms with Gasteiger partial charge >= 0.3 is 0 Å². The minimum Gasteiger partial charge on any atom is -0.348 e. The van der Waals surface area contributed by atoms with Crippen LogP contribution in [0.5, 0.6) is 0 Å². The largest absolute Gasteiger partial charge is 0.348 e. The second kappa shape index (κ2) is 4.88. The van der Waals surface area contributed by atoms with E-state index in [4.69, 9.17) is 5.73 Å². The molecule has 0 aliphatic heterocycles. The van der Waals surface area contributed by atoms with E-state index < -0.39 is 0 Å². The van der Waals surface area contributed by atoms with Crippen LogP contribution in [0.15, 0.2) is 18.2 Å². The molecular weight excluding hydrogens is 212 g/mol. The maximum atomic E-state index is 12.2. The van der Waals surface area contributed by atoms with Crippen LogP contribution in [0.2, 0.25) is 0 Å². The second-order valence-corrected chi connectivity index (χ2v) is 4.97. The Bertz CT molecular complexity index is 424. The summed E-state index contributed by atoms with van der Waals surface area (Å²) < 4.78 is 0. The van der Waals surface area contributed by atoms with Crippen LogP contribution in [0.3, 0.4) is 0 Å². The zero-order chi connectivity index (χ0) is 12.4. The minimum atomic E-state index is 0.00792. The lowest BCUT2D eigenvalue weighted by atomic mass is 10.0. The molecule has 0 aromatic heterocycles. The third-order valence-electron chi connectivity index (χ3n) is 3.40. The zero-order valence-electron chi connectivity index (χ0n) is 10.5. The molecular formula is C14H20N2O. The van der Waals surface area contributed by atoms with Crippen molar-refractivity contribution in [2.24, 2.45) is 11.7 Å². The molecule has 0 bridgehead atoms. The van der Waals surface area contributed by atoms with Crippen molar-refractivity contribution in [3.8, 4) is 0 Å². The molecule has 1 aromatic rings. The first-order valence-corrected chi connectivity index (χ1v) is 6.20. The minimum absolute atomic E-state index is 0.00792. The number of hydrogen-bond acceptors (Lipinski definition) is 2. The molecule has 92 valence electrons. The number of nitrogens with one attached hydrogen (secondary N) is 1. The molecule has 1 unspecified atom stereocenters. The van der Waals surface area contributed by atoms with Crippen LogP contribution in [0.1, 0.15) is 34.3 Å². The maximum Gasteiger partial charge on any atom is 0.251 e. The molecule has 0 spiro atoms. The summed E-state index contributed by atoms with van der Waals surface area (Å²) in [4.78, 5) is 12.2. The Hall–Kier alpha value is -1.35. The van der Waals surface area contributed by atoms with Crippen LogP contribution >= 0.6 is 0 Å². The molecule has 0 heterocycles. The summed E-state index contributed by atoms with van der Waals surface area (Å²) in [5.74, 6) is 0.600. The van der Waals surface area contributed by atoms with E-state index in [9.17, 15) is 4.79 Å². The summed E-state index contributed by atoms with van der Waals surface area (Å²) in [6.45, 7) is 4.49. The molecule has 1 aliphatic rings. The van der Waals surface area contributed by atoms with Crippen LogP contribution < -0.4 is 11.1 Å². The number of benzene rings is 1. The topological polar surface area (TPSA) is 55.1 Å². The molecule has 1 saturated carbocycles. The highest BCUT2D eigenvalue weighted by atomic mass is 16.1. The van der Waals surface area contributed by atoms with Gasteiger partial charge in [-0.3, -0.25) is 4.79 Å². The van der Waals surface area contributed by atoms with Gasteiger partial charge in [0.05, 0.1) is 0 Å². The molecule has 1 amide bonds.